The third-order valence-electron chi connectivity index (χ3n) is 5.56. The quantitative estimate of drug-likeness (QED) is 0.231. The molecule has 0 bridgehead atoms. The molecule has 0 amide bonds. The molecule has 3 heteroatoms. The third kappa shape index (κ3) is 4.48. The fourth-order valence-corrected chi connectivity index (χ4v) is 7.48. The fraction of sp³-hybridized carbons (Fsp3) is 0. The van der Waals surface area contributed by atoms with E-state index in [1.54, 1.807) is 6.20 Å². The van der Waals surface area contributed by atoms with Crippen LogP contribution in [0.15, 0.2) is 145 Å². The second kappa shape index (κ2) is 10.2. The number of hydrogen-bond donors (Lipinski definition) is 0. The predicted octanol–water partition coefficient (Wildman–Crippen LogP) is 6.29. The van der Waals surface area contributed by atoms with E-state index in [1.807, 2.05) is 42.6 Å². The van der Waals surface area contributed by atoms with E-state index in [-0.39, 0.29) is 0 Å². The zero-order valence-electron chi connectivity index (χ0n) is 18.6. The molecule has 0 aliphatic carbocycles. The van der Waals surface area contributed by atoms with Crippen molar-refractivity contribution in [2.75, 3.05) is 0 Å². The molecule has 0 saturated heterocycles. The Kier molecular flexibility index (Phi) is 6.48. The zero-order chi connectivity index (χ0) is 23.1. The van der Waals surface area contributed by atoms with Gasteiger partial charge in [0.05, 0.1) is 24.5 Å². The lowest BCUT2D eigenvalue weighted by atomic mass is 10.2. The highest BCUT2D eigenvalue weighted by molar-refractivity contribution is 7.87. The monoisotopic (exact) mass is 454 g/mol. The molecule has 0 unspecified atom stereocenters. The Bertz CT molecular complexity index is 1380. The smallest absolute Gasteiger partial charge is 0.0964 e. The molecular formula is C31H23N2P. The van der Waals surface area contributed by atoms with E-state index in [9.17, 15) is 0 Å². The number of benzene rings is 4. The molecule has 0 atom stereocenters. The summed E-state index contributed by atoms with van der Waals surface area (Å²) >= 11 is 0. The van der Waals surface area contributed by atoms with Gasteiger partial charge in [-0.1, -0.05) is 121 Å². The Balaban J connectivity index is 1.82. The zero-order valence-corrected chi connectivity index (χ0v) is 19.5. The minimum Gasteiger partial charge on any atom is -0.262 e. The van der Waals surface area contributed by atoms with Crippen LogP contribution in [0.2, 0.25) is 0 Å². The van der Waals surface area contributed by atoms with Gasteiger partial charge in [0.25, 0.3) is 0 Å². The van der Waals surface area contributed by atoms with Crippen molar-refractivity contribution in [2.45, 2.75) is 0 Å². The van der Waals surface area contributed by atoms with E-state index < -0.39 is 7.05 Å². The van der Waals surface area contributed by atoms with Gasteiger partial charge in [-0.2, -0.15) is 0 Å². The van der Waals surface area contributed by atoms with Crippen LogP contribution in [0.3, 0.4) is 0 Å². The molecule has 0 spiro atoms. The van der Waals surface area contributed by atoms with Crippen LogP contribution in [0, 0.1) is 11.8 Å². The maximum atomic E-state index is 5.56. The highest BCUT2D eigenvalue weighted by Crippen LogP contribution is 2.49. The summed E-state index contributed by atoms with van der Waals surface area (Å²) in [5.74, 6) is 6.62. The van der Waals surface area contributed by atoms with Crippen LogP contribution >= 0.6 is 7.05 Å². The fourth-order valence-electron chi connectivity index (χ4n) is 3.95. The summed E-state index contributed by atoms with van der Waals surface area (Å²) in [6, 6.07) is 43.8. The summed E-state index contributed by atoms with van der Waals surface area (Å²) < 4.78 is 5.56. The Morgan fingerprint density at radius 1 is 0.529 bits per heavy atom. The van der Waals surface area contributed by atoms with E-state index in [2.05, 4.69) is 108 Å². The van der Waals surface area contributed by atoms with Crippen LogP contribution < -0.4 is 15.9 Å². The number of aromatic nitrogens is 1. The van der Waals surface area contributed by atoms with E-state index in [1.165, 1.54) is 15.9 Å². The molecular weight excluding hydrogens is 431 g/mol. The molecule has 34 heavy (non-hydrogen) atoms. The molecule has 1 heterocycles. The van der Waals surface area contributed by atoms with Crippen molar-refractivity contribution >= 4 is 28.7 Å². The lowest BCUT2D eigenvalue weighted by Gasteiger charge is -2.27. The van der Waals surface area contributed by atoms with E-state index in [0.29, 0.717) is 0 Å². The van der Waals surface area contributed by atoms with Crippen LogP contribution in [-0.4, -0.2) is 4.98 Å². The average Bonchev–Trinajstić information content (AvgIpc) is 2.93. The van der Waals surface area contributed by atoms with Gasteiger partial charge in [-0.25, -0.2) is 0 Å². The molecule has 1 aromatic heterocycles. The van der Waals surface area contributed by atoms with Crippen LogP contribution in [0.25, 0.3) is 0 Å². The van der Waals surface area contributed by atoms with Gasteiger partial charge in [-0.15, -0.1) is 0 Å². The summed E-state index contributed by atoms with van der Waals surface area (Å²) in [4.78, 5) is 4.42. The van der Waals surface area contributed by atoms with Crippen molar-refractivity contribution in [2.24, 2.45) is 4.74 Å². The third-order valence-corrected chi connectivity index (χ3v) is 9.21. The van der Waals surface area contributed by atoms with Crippen molar-refractivity contribution in [3.8, 4) is 11.8 Å². The summed E-state index contributed by atoms with van der Waals surface area (Å²) in [6.07, 6.45) is 3.61. The maximum Gasteiger partial charge on any atom is 0.0964 e. The van der Waals surface area contributed by atoms with E-state index in [4.69, 9.17) is 4.74 Å². The van der Waals surface area contributed by atoms with Crippen molar-refractivity contribution in [1.82, 2.24) is 4.98 Å². The normalized spacial score (nSPS) is 10.7. The molecule has 0 aliphatic heterocycles. The van der Waals surface area contributed by atoms with Gasteiger partial charge in [-0.05, 0) is 18.2 Å². The standard InChI is InChI=1S/C31H23N2P/c1-5-13-26(14-6-1)21-22-27-23-24-32-25-31(27)33-34(28-15-7-2-8-16-28,29-17-9-3-10-18-29)30-19-11-4-12-20-30/h1-20,23-25H. The summed E-state index contributed by atoms with van der Waals surface area (Å²) in [6.45, 7) is 0. The molecule has 2 nitrogen and oxygen atoms in total. The number of nitrogens with zero attached hydrogens (tertiary/aromatic N) is 2. The minimum absolute atomic E-state index is 0.802. The van der Waals surface area contributed by atoms with Crippen molar-refractivity contribution in [1.29, 1.82) is 0 Å². The molecule has 0 saturated carbocycles. The minimum atomic E-state index is -2.38. The Labute approximate surface area is 201 Å². The summed E-state index contributed by atoms with van der Waals surface area (Å²) in [7, 11) is -2.38. The molecule has 5 rings (SSSR count). The highest BCUT2D eigenvalue weighted by Gasteiger charge is 2.27. The first kappa shape index (κ1) is 21.7. The van der Waals surface area contributed by atoms with E-state index >= 15 is 0 Å². The van der Waals surface area contributed by atoms with Crippen LogP contribution in [0.4, 0.5) is 5.69 Å². The van der Waals surface area contributed by atoms with Gasteiger partial charge < -0.3 is 0 Å². The molecule has 162 valence electrons. The van der Waals surface area contributed by atoms with Gasteiger partial charge in [0, 0.05) is 27.7 Å². The average molecular weight is 455 g/mol. The molecule has 0 N–H and O–H groups in total. The number of pyridine rings is 1. The Morgan fingerprint density at radius 2 is 1.00 bits per heavy atom. The molecule has 0 aliphatic rings. The molecule has 0 radical (unpaired) electrons. The summed E-state index contributed by atoms with van der Waals surface area (Å²) in [5, 5.41) is 3.58. The number of rotatable bonds is 4. The van der Waals surface area contributed by atoms with Crippen molar-refractivity contribution in [3.63, 3.8) is 0 Å². The molecule has 0 fully saturated rings. The SMILES string of the molecule is C(#Cc1ccncc1N=P(c1ccccc1)(c1ccccc1)c1ccccc1)c1ccccc1. The van der Waals surface area contributed by atoms with Crippen LogP contribution in [0.1, 0.15) is 11.1 Å². The predicted molar refractivity (Wildman–Crippen MR) is 144 cm³/mol. The first-order valence-corrected chi connectivity index (χ1v) is 12.9. The lowest BCUT2D eigenvalue weighted by Crippen LogP contribution is -2.25. The molecule has 5 aromatic rings. The largest absolute Gasteiger partial charge is 0.262 e. The van der Waals surface area contributed by atoms with Gasteiger partial charge in [0.1, 0.15) is 0 Å². The first-order valence-electron chi connectivity index (χ1n) is 11.2. The van der Waals surface area contributed by atoms with Crippen LogP contribution in [0.5, 0.6) is 0 Å². The Hall–Kier alpha value is -4.18. The topological polar surface area (TPSA) is 25.2 Å². The first-order chi connectivity index (χ1) is 16.9. The van der Waals surface area contributed by atoms with Crippen molar-refractivity contribution < 1.29 is 0 Å². The van der Waals surface area contributed by atoms with Gasteiger partial charge in [0.2, 0.25) is 0 Å². The van der Waals surface area contributed by atoms with Crippen molar-refractivity contribution in [3.05, 3.63) is 151 Å². The van der Waals surface area contributed by atoms with Gasteiger partial charge in [0.15, 0.2) is 0 Å². The number of hydrogen-bond acceptors (Lipinski definition) is 2. The second-order valence-electron chi connectivity index (χ2n) is 7.75. The Morgan fingerprint density at radius 3 is 1.50 bits per heavy atom. The van der Waals surface area contributed by atoms with Gasteiger partial charge >= 0.3 is 0 Å². The second-order valence-corrected chi connectivity index (χ2v) is 10.8. The van der Waals surface area contributed by atoms with E-state index in [0.717, 1.165) is 16.8 Å². The highest BCUT2D eigenvalue weighted by atomic mass is 31.2. The molecule has 4 aromatic carbocycles. The lowest BCUT2D eigenvalue weighted by molar-refractivity contribution is 1.30. The maximum absolute atomic E-state index is 5.56. The summed E-state index contributed by atoms with van der Waals surface area (Å²) in [5.41, 5.74) is 2.64. The van der Waals surface area contributed by atoms with Gasteiger partial charge in [-0.3, -0.25) is 9.73 Å². The van der Waals surface area contributed by atoms with Crippen LogP contribution in [-0.2, 0) is 0 Å².